The first-order chi connectivity index (χ1) is 17.3. The molecule has 5 rings (SSSR count). The topological polar surface area (TPSA) is 150 Å². The third kappa shape index (κ3) is 4.47. The zero-order chi connectivity index (χ0) is 25.6. The quantitative estimate of drug-likeness (QED) is 0.443. The first-order valence-corrected chi connectivity index (χ1v) is 13.0. The van der Waals surface area contributed by atoms with Crippen LogP contribution in [0, 0.1) is 0 Å². The molecule has 11 heteroatoms. The summed E-state index contributed by atoms with van der Waals surface area (Å²) in [4.78, 5) is 18.8. The van der Waals surface area contributed by atoms with Crippen LogP contribution < -0.4 is 4.74 Å². The molecule has 0 saturated carbocycles. The van der Waals surface area contributed by atoms with Gasteiger partial charge in [-0.05, 0) is 70.1 Å². The van der Waals surface area contributed by atoms with Crippen molar-refractivity contribution in [3.05, 3.63) is 16.8 Å². The van der Waals surface area contributed by atoms with Crippen molar-refractivity contribution in [1.29, 1.82) is 0 Å². The van der Waals surface area contributed by atoms with Crippen LogP contribution >= 0.6 is 0 Å². The maximum atomic E-state index is 11.5. The summed E-state index contributed by atoms with van der Waals surface area (Å²) in [5.74, 6) is -0.840. The lowest BCUT2D eigenvalue weighted by atomic mass is 9.86. The Morgan fingerprint density at radius 3 is 2.44 bits per heavy atom. The fourth-order valence-electron chi connectivity index (χ4n) is 5.92. The predicted molar refractivity (Wildman–Crippen MR) is 129 cm³/mol. The second-order valence-corrected chi connectivity index (χ2v) is 10.3. The Kier molecular flexibility index (Phi) is 7.19. The maximum Gasteiger partial charge on any atom is 0.335 e. The van der Waals surface area contributed by atoms with Crippen molar-refractivity contribution in [2.24, 2.45) is 7.05 Å². The van der Waals surface area contributed by atoms with Crippen molar-refractivity contribution in [3.8, 4) is 5.88 Å². The molecular formula is C25H36N4O7. The van der Waals surface area contributed by atoms with Crippen molar-refractivity contribution in [1.82, 2.24) is 19.7 Å². The molecule has 2 aromatic heterocycles. The van der Waals surface area contributed by atoms with Gasteiger partial charge in [0.2, 0.25) is 12.2 Å². The second-order valence-electron chi connectivity index (χ2n) is 10.3. The highest BCUT2D eigenvalue weighted by atomic mass is 16.7. The van der Waals surface area contributed by atoms with E-state index in [-0.39, 0.29) is 5.88 Å². The minimum absolute atomic E-state index is 0.251. The van der Waals surface area contributed by atoms with Gasteiger partial charge in [-0.2, -0.15) is 10.1 Å². The van der Waals surface area contributed by atoms with Crippen LogP contribution in [0.3, 0.4) is 0 Å². The van der Waals surface area contributed by atoms with Crippen LogP contribution in [0.2, 0.25) is 0 Å². The van der Waals surface area contributed by atoms with E-state index in [1.165, 1.54) is 0 Å². The van der Waals surface area contributed by atoms with E-state index >= 15 is 0 Å². The molecule has 0 bridgehead atoms. The number of hydrogen-bond acceptors (Lipinski definition) is 9. The number of carboxylic acids is 1. The monoisotopic (exact) mass is 504 g/mol. The van der Waals surface area contributed by atoms with Crippen molar-refractivity contribution < 1.29 is 34.7 Å². The highest BCUT2D eigenvalue weighted by molar-refractivity contribution is 5.85. The van der Waals surface area contributed by atoms with E-state index in [9.17, 15) is 25.2 Å². The summed E-state index contributed by atoms with van der Waals surface area (Å²) in [6.07, 6.45) is -1.53. The number of hydrogen-bond donors (Lipinski definition) is 4. The Morgan fingerprint density at radius 1 is 1.08 bits per heavy atom. The van der Waals surface area contributed by atoms with E-state index in [2.05, 4.69) is 11.8 Å². The molecule has 0 aromatic carbocycles. The summed E-state index contributed by atoms with van der Waals surface area (Å²) < 4.78 is 13.1. The first-order valence-electron chi connectivity index (χ1n) is 13.0. The van der Waals surface area contributed by atoms with Gasteiger partial charge in [-0.3, -0.25) is 4.68 Å². The largest absolute Gasteiger partial charge is 0.479 e. The highest BCUT2D eigenvalue weighted by Gasteiger charge is 2.48. The molecule has 4 N–H and O–H groups in total. The lowest BCUT2D eigenvalue weighted by Crippen LogP contribution is -2.61. The summed E-state index contributed by atoms with van der Waals surface area (Å²) in [5.41, 5.74) is 3.81. The zero-order valence-corrected chi connectivity index (χ0v) is 20.8. The molecule has 1 aliphatic carbocycles. The van der Waals surface area contributed by atoms with E-state index in [0.29, 0.717) is 11.6 Å². The number of aliphatic carboxylic acids is 1. The van der Waals surface area contributed by atoms with Crippen molar-refractivity contribution in [3.63, 3.8) is 0 Å². The minimum Gasteiger partial charge on any atom is -0.479 e. The summed E-state index contributed by atoms with van der Waals surface area (Å²) in [6, 6.07) is 0. The molecule has 5 atom stereocenters. The Balaban J connectivity index is 1.49. The number of fused-ring (bicyclic) bond motifs is 3. The number of pyridine rings is 1. The zero-order valence-electron chi connectivity index (χ0n) is 20.8. The third-order valence-electron chi connectivity index (χ3n) is 7.83. The van der Waals surface area contributed by atoms with Gasteiger partial charge in [-0.25, -0.2) is 4.79 Å². The smallest absolute Gasteiger partial charge is 0.335 e. The fourth-order valence-corrected chi connectivity index (χ4v) is 5.92. The van der Waals surface area contributed by atoms with Crippen molar-refractivity contribution in [2.45, 2.75) is 88.5 Å². The number of carbonyl (C=O) groups is 1. The fraction of sp³-hybridized carbons (Fsp3) is 0.720. The van der Waals surface area contributed by atoms with Gasteiger partial charge in [0.15, 0.2) is 11.8 Å². The molecule has 4 heterocycles. The molecule has 0 amide bonds. The number of piperidine rings is 1. The molecule has 3 aliphatic rings. The Bertz CT molecular complexity index is 1110. The van der Waals surface area contributed by atoms with Crippen LogP contribution in [-0.2, 0) is 29.4 Å². The maximum absolute atomic E-state index is 11.5. The number of aliphatic hydroxyl groups excluding tert-OH is 3. The number of aryl methyl sites for hydroxylation is 2. The van der Waals surface area contributed by atoms with Gasteiger partial charge in [0.1, 0.15) is 18.3 Å². The summed E-state index contributed by atoms with van der Waals surface area (Å²) in [6.45, 7) is 5.45. The average molecular weight is 505 g/mol. The molecular weight excluding hydrogens is 468 g/mol. The molecule has 36 heavy (non-hydrogen) atoms. The summed E-state index contributed by atoms with van der Waals surface area (Å²) in [7, 11) is 1.86. The molecule has 198 valence electrons. The molecule has 2 saturated heterocycles. The number of aromatic nitrogens is 3. The van der Waals surface area contributed by atoms with Crippen LogP contribution in [-0.4, -0.2) is 96.4 Å². The number of nitrogens with zero attached hydrogens (tertiary/aromatic N) is 4. The molecule has 2 fully saturated rings. The first kappa shape index (κ1) is 25.3. The van der Waals surface area contributed by atoms with E-state index in [4.69, 9.17) is 19.6 Å². The number of rotatable bonds is 6. The third-order valence-corrected chi connectivity index (χ3v) is 7.83. The lowest BCUT2D eigenvalue weighted by Gasteiger charge is -2.38. The number of likely N-dealkylation sites (tertiary alicyclic amines) is 1. The van der Waals surface area contributed by atoms with Gasteiger partial charge in [-0.15, -0.1) is 0 Å². The molecule has 2 aromatic rings. The van der Waals surface area contributed by atoms with E-state index in [1.807, 2.05) is 7.05 Å². The molecule has 0 radical (unpaired) electrons. The van der Waals surface area contributed by atoms with E-state index < -0.39 is 36.7 Å². The second kappa shape index (κ2) is 10.2. The molecule has 0 unspecified atom stereocenters. The lowest BCUT2D eigenvalue weighted by molar-refractivity contribution is -0.271. The normalized spacial score (nSPS) is 29.9. The molecule has 11 nitrogen and oxygen atoms in total. The van der Waals surface area contributed by atoms with Crippen molar-refractivity contribution >= 4 is 17.0 Å². The summed E-state index contributed by atoms with van der Waals surface area (Å²) in [5, 5.41) is 46.0. The van der Waals surface area contributed by atoms with Crippen LogP contribution in [0.25, 0.3) is 11.0 Å². The van der Waals surface area contributed by atoms with Gasteiger partial charge >= 0.3 is 5.97 Å². The van der Waals surface area contributed by atoms with Gasteiger partial charge in [0.25, 0.3) is 0 Å². The van der Waals surface area contributed by atoms with Crippen LogP contribution in [0.5, 0.6) is 5.88 Å². The van der Waals surface area contributed by atoms with Gasteiger partial charge in [-0.1, -0.05) is 6.92 Å². The minimum atomic E-state index is -1.77. The number of aliphatic hydroxyl groups is 3. The van der Waals surface area contributed by atoms with E-state index in [1.54, 1.807) is 4.68 Å². The van der Waals surface area contributed by atoms with Crippen LogP contribution in [0.4, 0.5) is 0 Å². The standard InChI is InChI=1S/C25H36N4O7/c1-3-10-29-11-8-13(9-12-29)17-16-14-6-4-5-7-15(14)23(26-22(16)28(2)27-17)36-25-20(32)18(30)19(31)21(35-25)24(33)34/h13,18-21,25,30-32H,3-12H2,1-2H3,(H,33,34)/t18-,19+,20+,21-,25-/m0/s1. The van der Waals surface area contributed by atoms with Crippen LogP contribution in [0.15, 0.2) is 0 Å². The van der Waals surface area contributed by atoms with Crippen molar-refractivity contribution in [2.75, 3.05) is 19.6 Å². The van der Waals surface area contributed by atoms with Crippen LogP contribution in [0.1, 0.15) is 61.8 Å². The Morgan fingerprint density at radius 2 is 1.78 bits per heavy atom. The average Bonchev–Trinajstić information content (AvgIpc) is 3.21. The SMILES string of the molecule is CCCN1CCC(c2nn(C)c3nc(O[C@@H]4O[C@H](C(=O)O)[C@H](O)[C@H](O)[C@H]4O)c4c(c23)CCCC4)CC1. The van der Waals surface area contributed by atoms with Gasteiger partial charge in [0.05, 0.1) is 5.69 Å². The predicted octanol–water partition coefficient (Wildman–Crippen LogP) is 0.708. The Hall–Kier alpha value is -2.31. The van der Waals surface area contributed by atoms with E-state index in [0.717, 1.165) is 86.8 Å². The molecule has 2 aliphatic heterocycles. The number of ether oxygens (including phenoxy) is 2. The molecule has 0 spiro atoms. The highest BCUT2D eigenvalue weighted by Crippen LogP contribution is 2.40. The Labute approximate surface area is 209 Å². The number of carboxylic acid groups (broad SMARTS) is 1. The van der Waals surface area contributed by atoms with Gasteiger partial charge < -0.3 is 34.8 Å². The summed E-state index contributed by atoms with van der Waals surface area (Å²) >= 11 is 0. The van der Waals surface area contributed by atoms with Gasteiger partial charge in [0, 0.05) is 23.9 Å².